The van der Waals surface area contributed by atoms with E-state index in [0.29, 0.717) is 34.3 Å². The Kier molecular flexibility index (Phi) is 7.43. The van der Waals surface area contributed by atoms with Crippen molar-refractivity contribution in [3.05, 3.63) is 32.7 Å². The first kappa shape index (κ1) is 27.3. The minimum Gasteiger partial charge on any atom is -0.477 e. The quantitative estimate of drug-likeness (QED) is 0.324. The molecule has 0 radical (unpaired) electrons. The number of thioether (sulfide) groups is 2. The van der Waals surface area contributed by atoms with E-state index in [1.807, 2.05) is 6.92 Å². The van der Waals surface area contributed by atoms with Crippen LogP contribution in [-0.4, -0.2) is 70.7 Å². The molecule has 0 spiro atoms. The molecule has 0 bridgehead atoms. The first-order valence-corrected chi connectivity index (χ1v) is 14.6. The van der Waals surface area contributed by atoms with Gasteiger partial charge in [-0.3, -0.25) is 19.2 Å². The molecular formula is C21H20ClF3N6O4S3. The molecule has 4 heterocycles. The van der Waals surface area contributed by atoms with Crippen molar-refractivity contribution in [2.45, 2.75) is 60.6 Å². The van der Waals surface area contributed by atoms with Crippen molar-refractivity contribution in [1.29, 1.82) is 0 Å². The number of hydrogen-bond donors (Lipinski definition) is 2. The second-order valence-corrected chi connectivity index (χ2v) is 12.8. The highest BCUT2D eigenvalue weighted by Gasteiger charge is 2.54. The van der Waals surface area contributed by atoms with Gasteiger partial charge >= 0.3 is 12.1 Å². The number of carboxylic acid groups (broad SMARTS) is 1. The number of carbonyl (C=O) groups excluding carboxylic acids is 2. The Morgan fingerprint density at radius 2 is 2.03 bits per heavy atom. The number of aliphatic carboxylic acids is 1. The summed E-state index contributed by atoms with van der Waals surface area (Å²) in [6, 6.07) is -0.934. The number of nitrogens with zero attached hydrogens (tertiary/aromatic N) is 5. The van der Waals surface area contributed by atoms with Gasteiger partial charge in [0.25, 0.3) is 5.91 Å². The van der Waals surface area contributed by atoms with Crippen LogP contribution < -0.4 is 5.32 Å². The number of hydrogen-bond acceptors (Lipinski definition) is 9. The Hall–Kier alpha value is -2.30. The molecule has 1 saturated heterocycles. The first-order valence-electron chi connectivity index (χ1n) is 11.4. The zero-order valence-corrected chi connectivity index (χ0v) is 22.8. The summed E-state index contributed by atoms with van der Waals surface area (Å²) < 4.78 is 41.6. The van der Waals surface area contributed by atoms with Crippen molar-refractivity contribution in [3.63, 3.8) is 0 Å². The van der Waals surface area contributed by atoms with Crippen LogP contribution in [0.5, 0.6) is 0 Å². The Morgan fingerprint density at radius 3 is 2.63 bits per heavy atom. The zero-order valence-electron chi connectivity index (χ0n) is 19.6. The lowest BCUT2D eigenvalue weighted by Crippen LogP contribution is -2.70. The molecule has 204 valence electrons. The third-order valence-corrected chi connectivity index (χ3v) is 9.93. The number of fused-ring (bicyclic) bond motifs is 1. The average Bonchev–Trinajstić information content (AvgIpc) is 3.50. The Labute approximate surface area is 231 Å². The Bertz CT molecular complexity index is 1340. The van der Waals surface area contributed by atoms with Crippen molar-refractivity contribution in [2.75, 3.05) is 11.5 Å². The number of carboxylic acids is 1. The lowest BCUT2D eigenvalue weighted by molar-refractivity contribution is -0.150. The normalized spacial score (nSPS) is 21.4. The lowest BCUT2D eigenvalue weighted by atomic mass is 10.0. The molecule has 17 heteroatoms. The monoisotopic (exact) mass is 608 g/mol. The minimum atomic E-state index is -4.71. The summed E-state index contributed by atoms with van der Waals surface area (Å²) in [4.78, 5) is 38.7. The van der Waals surface area contributed by atoms with Gasteiger partial charge in [-0.05, 0) is 25.3 Å². The molecule has 2 amide bonds. The molecule has 3 aliphatic rings. The number of nitrogens with one attached hydrogen (secondary N) is 1. The second-order valence-electron chi connectivity index (χ2n) is 8.88. The Morgan fingerprint density at radius 1 is 1.29 bits per heavy atom. The molecule has 2 aromatic rings. The van der Waals surface area contributed by atoms with E-state index in [1.165, 1.54) is 39.8 Å². The molecule has 38 heavy (non-hydrogen) atoms. The van der Waals surface area contributed by atoms with Gasteiger partial charge in [0.05, 0.1) is 17.3 Å². The van der Waals surface area contributed by atoms with Crippen LogP contribution in [-0.2, 0) is 27.1 Å². The van der Waals surface area contributed by atoms with E-state index in [2.05, 4.69) is 20.6 Å². The van der Waals surface area contributed by atoms with Gasteiger partial charge in [0, 0.05) is 23.8 Å². The molecule has 2 fully saturated rings. The van der Waals surface area contributed by atoms with Gasteiger partial charge < -0.3 is 10.4 Å². The number of rotatable bonds is 9. The predicted molar refractivity (Wildman–Crippen MR) is 134 cm³/mol. The topological polar surface area (TPSA) is 130 Å². The van der Waals surface area contributed by atoms with Gasteiger partial charge in [-0.2, -0.15) is 18.3 Å². The summed E-state index contributed by atoms with van der Waals surface area (Å²) >= 11 is 10.0. The van der Waals surface area contributed by atoms with Crippen LogP contribution >= 0.6 is 46.5 Å². The van der Waals surface area contributed by atoms with Crippen LogP contribution in [0.2, 0.25) is 5.02 Å². The molecule has 0 aromatic carbocycles. The van der Waals surface area contributed by atoms with E-state index in [0.717, 1.165) is 9.69 Å². The summed E-state index contributed by atoms with van der Waals surface area (Å²) in [7, 11) is 0. The van der Waals surface area contributed by atoms with Crippen molar-refractivity contribution >= 4 is 64.2 Å². The summed E-state index contributed by atoms with van der Waals surface area (Å²) in [5.41, 5.74) is -0.435. The van der Waals surface area contributed by atoms with Crippen LogP contribution in [0.25, 0.3) is 0 Å². The third kappa shape index (κ3) is 5.27. The summed E-state index contributed by atoms with van der Waals surface area (Å²) in [5.74, 6) is -1.79. The van der Waals surface area contributed by atoms with Crippen molar-refractivity contribution in [2.24, 2.45) is 0 Å². The predicted octanol–water partition coefficient (Wildman–Crippen LogP) is 3.51. The molecule has 2 aromatic heterocycles. The molecule has 10 nitrogen and oxygen atoms in total. The van der Waals surface area contributed by atoms with Gasteiger partial charge in [0.2, 0.25) is 5.91 Å². The van der Waals surface area contributed by atoms with E-state index >= 15 is 0 Å². The maximum Gasteiger partial charge on any atom is 0.436 e. The van der Waals surface area contributed by atoms with Gasteiger partial charge in [0.15, 0.2) is 10.0 Å². The number of amides is 2. The van der Waals surface area contributed by atoms with Crippen molar-refractivity contribution < 1.29 is 32.7 Å². The van der Waals surface area contributed by atoms with E-state index in [1.54, 1.807) is 0 Å². The van der Waals surface area contributed by atoms with Crippen LogP contribution in [0.4, 0.5) is 13.2 Å². The van der Waals surface area contributed by atoms with Gasteiger partial charge in [-0.1, -0.05) is 34.7 Å². The molecule has 0 unspecified atom stereocenters. The summed E-state index contributed by atoms with van der Waals surface area (Å²) in [5, 5.41) is 23.7. The van der Waals surface area contributed by atoms with Crippen molar-refractivity contribution in [1.82, 2.24) is 30.2 Å². The molecular weight excluding hydrogens is 589 g/mol. The zero-order chi connectivity index (χ0) is 27.4. The van der Waals surface area contributed by atoms with Crippen LogP contribution in [0.15, 0.2) is 15.6 Å². The van der Waals surface area contributed by atoms with E-state index in [4.69, 9.17) is 11.6 Å². The molecule has 5 rings (SSSR count). The average molecular weight is 609 g/mol. The number of alkyl halides is 3. The fourth-order valence-electron chi connectivity index (χ4n) is 4.28. The van der Waals surface area contributed by atoms with Crippen molar-refractivity contribution in [3.8, 4) is 0 Å². The lowest BCUT2D eigenvalue weighted by Gasteiger charge is -2.49. The summed E-state index contributed by atoms with van der Waals surface area (Å²) in [6.07, 6.45) is -3.54. The third-order valence-electron chi connectivity index (χ3n) is 6.16. The first-order chi connectivity index (χ1) is 18.0. The summed E-state index contributed by atoms with van der Waals surface area (Å²) in [6.45, 7) is 1.68. The molecule has 2 atom stereocenters. The standard InChI is InChI=1S/C21H20ClF3N6O4S3/c1-8-27-28-20(38-8)37-7-10-6-36-18-13(17(33)31(18)15(10)19(34)35)26-11(32)4-5-30-14(9-2-3-9)12(22)16(29-30)21(23,24)25/h9,13,18H,2-7H2,1H3,(H,26,32)(H,34,35)/t13-,18+/m1/s1. The van der Waals surface area contributed by atoms with E-state index in [-0.39, 0.29) is 30.3 Å². The van der Waals surface area contributed by atoms with Gasteiger partial charge in [0.1, 0.15) is 22.1 Å². The second kappa shape index (κ2) is 10.4. The molecule has 1 saturated carbocycles. The minimum absolute atomic E-state index is 0.0991. The molecule has 2 aliphatic heterocycles. The van der Waals surface area contributed by atoms with Gasteiger partial charge in [-0.25, -0.2) is 4.79 Å². The molecule has 2 N–H and O–H groups in total. The number of β-lactam (4-membered cyclic amide) rings is 1. The van der Waals surface area contributed by atoms with Crippen LogP contribution in [0, 0.1) is 6.92 Å². The number of carbonyl (C=O) groups is 3. The number of aryl methyl sites for hydroxylation is 2. The number of aromatic nitrogens is 4. The van der Waals surface area contributed by atoms with Crippen LogP contribution in [0.1, 0.15) is 41.6 Å². The highest BCUT2D eigenvalue weighted by atomic mass is 35.5. The smallest absolute Gasteiger partial charge is 0.436 e. The highest BCUT2D eigenvalue weighted by Crippen LogP contribution is 2.47. The van der Waals surface area contributed by atoms with E-state index < -0.39 is 46.1 Å². The van der Waals surface area contributed by atoms with E-state index in [9.17, 15) is 32.7 Å². The SMILES string of the molecule is Cc1nnc(SCC2=C(C(=O)O)N3C(=O)[C@@H](NC(=O)CCn4nc(C(F)(F)F)c(Cl)c4C4CC4)[C@@H]3SC2)s1. The molecule has 1 aliphatic carbocycles. The fraction of sp³-hybridized carbons (Fsp3) is 0.524. The Balaban J connectivity index is 1.22. The fourth-order valence-corrected chi connectivity index (χ4v) is 7.98. The van der Waals surface area contributed by atoms with Crippen LogP contribution in [0.3, 0.4) is 0 Å². The largest absolute Gasteiger partial charge is 0.477 e. The maximum atomic E-state index is 13.3. The maximum absolute atomic E-state index is 13.3. The van der Waals surface area contributed by atoms with Gasteiger partial charge in [-0.15, -0.1) is 22.0 Å². The number of halogens is 4. The highest BCUT2D eigenvalue weighted by molar-refractivity contribution is 8.01.